The molecule has 122 valence electrons. The molecule has 1 spiro atoms. The van der Waals surface area contributed by atoms with E-state index >= 15 is 0 Å². The summed E-state index contributed by atoms with van der Waals surface area (Å²) in [4.78, 5) is 4.77. The van der Waals surface area contributed by atoms with Crippen molar-refractivity contribution >= 4 is 0 Å². The van der Waals surface area contributed by atoms with Crippen molar-refractivity contribution in [2.75, 3.05) is 52.5 Å². The van der Waals surface area contributed by atoms with E-state index in [4.69, 9.17) is 13.9 Å². The van der Waals surface area contributed by atoms with Crippen molar-refractivity contribution in [3.63, 3.8) is 0 Å². The van der Waals surface area contributed by atoms with Crippen LogP contribution in [0.1, 0.15) is 11.5 Å². The molecule has 3 heterocycles. The van der Waals surface area contributed by atoms with Crippen LogP contribution in [0.15, 0.2) is 29.2 Å². The molecule has 1 atom stereocenters. The third-order valence-corrected chi connectivity index (χ3v) is 4.32. The van der Waals surface area contributed by atoms with E-state index < -0.39 is 0 Å². The summed E-state index contributed by atoms with van der Waals surface area (Å²) < 4.78 is 17.7. The maximum Gasteiger partial charge on any atom is 0.118 e. The van der Waals surface area contributed by atoms with Crippen molar-refractivity contribution in [2.24, 2.45) is 0 Å². The molecule has 5 heteroatoms. The zero-order valence-electron chi connectivity index (χ0n) is 13.4. The second-order valence-corrected chi connectivity index (χ2v) is 6.33. The van der Waals surface area contributed by atoms with Gasteiger partial charge in [0.2, 0.25) is 0 Å². The van der Waals surface area contributed by atoms with Gasteiger partial charge in [-0.3, -0.25) is 9.80 Å². The van der Waals surface area contributed by atoms with Crippen LogP contribution in [0.5, 0.6) is 0 Å². The first-order valence-electron chi connectivity index (χ1n) is 8.02. The molecule has 0 aromatic carbocycles. The summed E-state index contributed by atoms with van der Waals surface area (Å²) in [5.41, 5.74) is -0.237. The summed E-state index contributed by atoms with van der Waals surface area (Å²) in [6.45, 7) is 13.3. The van der Waals surface area contributed by atoms with Gasteiger partial charge >= 0.3 is 0 Å². The Morgan fingerprint density at radius 2 is 2.05 bits per heavy atom. The monoisotopic (exact) mass is 306 g/mol. The highest BCUT2D eigenvalue weighted by atomic mass is 16.5. The van der Waals surface area contributed by atoms with Gasteiger partial charge in [0.15, 0.2) is 0 Å². The summed E-state index contributed by atoms with van der Waals surface area (Å²) in [5, 5.41) is 0. The molecular formula is C17H26N2O3. The molecule has 2 fully saturated rings. The Hall–Kier alpha value is -1.14. The third kappa shape index (κ3) is 3.79. The Bertz CT molecular complexity index is 502. The van der Waals surface area contributed by atoms with Crippen LogP contribution >= 0.6 is 0 Å². The smallest absolute Gasteiger partial charge is 0.118 e. The number of morpholine rings is 1. The Morgan fingerprint density at radius 3 is 2.82 bits per heavy atom. The van der Waals surface area contributed by atoms with Gasteiger partial charge in [0.25, 0.3) is 0 Å². The largest absolute Gasteiger partial charge is 0.465 e. The van der Waals surface area contributed by atoms with Gasteiger partial charge in [0.05, 0.1) is 26.4 Å². The second kappa shape index (κ2) is 6.96. The van der Waals surface area contributed by atoms with Gasteiger partial charge in [0, 0.05) is 32.7 Å². The normalized spacial score (nSPS) is 27.9. The van der Waals surface area contributed by atoms with E-state index in [1.165, 1.54) is 0 Å². The summed E-state index contributed by atoms with van der Waals surface area (Å²) in [6, 6.07) is 4.08. The highest BCUT2D eigenvalue weighted by Crippen LogP contribution is 2.24. The Labute approximate surface area is 132 Å². The Morgan fingerprint density at radius 1 is 1.23 bits per heavy atom. The summed E-state index contributed by atoms with van der Waals surface area (Å²) in [6.07, 6.45) is 1.95. The first kappa shape index (κ1) is 15.7. The fourth-order valence-corrected chi connectivity index (χ4v) is 3.35. The molecule has 1 aromatic rings. The van der Waals surface area contributed by atoms with Crippen LogP contribution in [0, 0.1) is 6.92 Å². The highest BCUT2D eigenvalue weighted by molar-refractivity contribution is 5.06. The molecule has 2 aliphatic heterocycles. The zero-order valence-corrected chi connectivity index (χ0v) is 13.4. The number of furan rings is 1. The number of hydrogen-bond acceptors (Lipinski definition) is 5. The number of aryl methyl sites for hydroxylation is 1. The van der Waals surface area contributed by atoms with Crippen LogP contribution in [-0.4, -0.2) is 67.9 Å². The highest BCUT2D eigenvalue weighted by Gasteiger charge is 2.40. The number of ether oxygens (including phenoxy) is 2. The second-order valence-electron chi connectivity index (χ2n) is 6.33. The average Bonchev–Trinajstić information content (AvgIpc) is 2.79. The summed E-state index contributed by atoms with van der Waals surface area (Å²) >= 11 is 0. The lowest BCUT2D eigenvalue weighted by Crippen LogP contribution is -2.58. The van der Waals surface area contributed by atoms with Crippen molar-refractivity contribution in [3.8, 4) is 0 Å². The molecule has 0 unspecified atom stereocenters. The van der Waals surface area contributed by atoms with Gasteiger partial charge < -0.3 is 13.9 Å². The van der Waals surface area contributed by atoms with E-state index in [2.05, 4.69) is 22.4 Å². The molecule has 2 saturated heterocycles. The van der Waals surface area contributed by atoms with E-state index in [0.717, 1.165) is 64.0 Å². The minimum Gasteiger partial charge on any atom is -0.465 e. The van der Waals surface area contributed by atoms with Gasteiger partial charge in [-0.15, -0.1) is 6.58 Å². The predicted molar refractivity (Wildman–Crippen MR) is 84.9 cm³/mol. The van der Waals surface area contributed by atoms with Crippen molar-refractivity contribution in [3.05, 3.63) is 36.3 Å². The van der Waals surface area contributed by atoms with Gasteiger partial charge in [-0.05, 0) is 19.1 Å². The maximum atomic E-state index is 6.16. The first-order chi connectivity index (χ1) is 10.7. The molecule has 5 nitrogen and oxygen atoms in total. The van der Waals surface area contributed by atoms with E-state index in [-0.39, 0.29) is 5.60 Å². The molecule has 0 amide bonds. The maximum absolute atomic E-state index is 6.16. The van der Waals surface area contributed by atoms with Crippen molar-refractivity contribution in [1.29, 1.82) is 0 Å². The van der Waals surface area contributed by atoms with Crippen LogP contribution in [0.4, 0.5) is 0 Å². The minimum atomic E-state index is -0.237. The molecule has 0 saturated carbocycles. The van der Waals surface area contributed by atoms with Crippen LogP contribution in [-0.2, 0) is 16.0 Å². The summed E-state index contributed by atoms with van der Waals surface area (Å²) in [5.74, 6) is 1.99. The Kier molecular flexibility index (Phi) is 4.98. The molecule has 2 aliphatic rings. The van der Waals surface area contributed by atoms with Gasteiger partial charge in [-0.1, -0.05) is 6.08 Å². The fourth-order valence-electron chi connectivity index (χ4n) is 3.35. The molecule has 22 heavy (non-hydrogen) atoms. The molecule has 0 aliphatic carbocycles. The number of nitrogens with zero attached hydrogens (tertiary/aromatic N) is 2. The molecule has 1 aromatic heterocycles. The van der Waals surface area contributed by atoms with E-state index in [9.17, 15) is 0 Å². The SMILES string of the molecule is C=CCN1CCOC[C@@]2(C1)CN(Cc1ccc(C)o1)CCO2. The van der Waals surface area contributed by atoms with Crippen molar-refractivity contribution in [1.82, 2.24) is 9.80 Å². The van der Waals surface area contributed by atoms with Crippen LogP contribution in [0.25, 0.3) is 0 Å². The minimum absolute atomic E-state index is 0.237. The topological polar surface area (TPSA) is 38.1 Å². The lowest BCUT2D eigenvalue weighted by molar-refractivity contribution is -0.143. The van der Waals surface area contributed by atoms with Gasteiger partial charge in [0.1, 0.15) is 17.1 Å². The lowest BCUT2D eigenvalue weighted by Gasteiger charge is -2.43. The molecular weight excluding hydrogens is 280 g/mol. The predicted octanol–water partition coefficient (Wildman–Crippen LogP) is 1.68. The van der Waals surface area contributed by atoms with E-state index in [1.54, 1.807) is 0 Å². The van der Waals surface area contributed by atoms with Crippen molar-refractivity contribution in [2.45, 2.75) is 19.1 Å². The van der Waals surface area contributed by atoms with Crippen LogP contribution in [0.3, 0.4) is 0 Å². The number of hydrogen-bond donors (Lipinski definition) is 0. The van der Waals surface area contributed by atoms with E-state index in [0.29, 0.717) is 6.61 Å². The van der Waals surface area contributed by atoms with Crippen LogP contribution < -0.4 is 0 Å². The average molecular weight is 306 g/mol. The third-order valence-electron chi connectivity index (χ3n) is 4.32. The standard InChI is InChI=1S/C17H26N2O3/c1-3-6-18-7-9-20-14-17(12-18)13-19(8-10-21-17)11-16-5-4-15(2)22-16/h3-5H,1,6-14H2,2H3/t17-/m1/s1. The molecule has 0 N–H and O–H groups in total. The fraction of sp³-hybridized carbons (Fsp3) is 0.647. The van der Waals surface area contributed by atoms with E-state index in [1.807, 2.05) is 19.1 Å². The lowest BCUT2D eigenvalue weighted by atomic mass is 10.0. The first-order valence-corrected chi connectivity index (χ1v) is 8.02. The zero-order chi connectivity index (χ0) is 15.4. The quantitative estimate of drug-likeness (QED) is 0.791. The number of rotatable bonds is 4. The summed E-state index contributed by atoms with van der Waals surface area (Å²) in [7, 11) is 0. The van der Waals surface area contributed by atoms with Crippen molar-refractivity contribution < 1.29 is 13.9 Å². The molecule has 3 rings (SSSR count). The van der Waals surface area contributed by atoms with Gasteiger partial charge in [-0.25, -0.2) is 0 Å². The van der Waals surface area contributed by atoms with Crippen LogP contribution in [0.2, 0.25) is 0 Å². The molecule has 0 bridgehead atoms. The Balaban J connectivity index is 1.66. The molecule has 0 radical (unpaired) electrons. The van der Waals surface area contributed by atoms with Gasteiger partial charge in [-0.2, -0.15) is 0 Å².